The van der Waals surface area contributed by atoms with Crippen LogP contribution in [-0.4, -0.2) is 59.0 Å². The fraction of sp³-hybridized carbons (Fsp3) is 0.825. The van der Waals surface area contributed by atoms with Crippen LogP contribution in [0.5, 0.6) is 0 Å². The van der Waals surface area contributed by atoms with E-state index >= 15 is 0 Å². The number of aliphatic hydroxyl groups is 2. The largest absolute Gasteiger partial charge is 0.472 e. The Balaban J connectivity index is 4.38. The summed E-state index contributed by atoms with van der Waals surface area (Å²) >= 11 is 0. The van der Waals surface area contributed by atoms with Gasteiger partial charge in [0.1, 0.15) is 0 Å². The van der Waals surface area contributed by atoms with E-state index in [4.69, 9.17) is 14.8 Å². The van der Waals surface area contributed by atoms with E-state index in [-0.39, 0.29) is 19.6 Å². The summed E-state index contributed by atoms with van der Waals surface area (Å²) in [6, 6.07) is -1.00. The molecule has 0 aliphatic rings. The van der Waals surface area contributed by atoms with Gasteiger partial charge in [-0.2, -0.15) is 0 Å². The Hall–Kier alpha value is -1.32. The minimum absolute atomic E-state index is 0.0420. The number of nitrogens with one attached hydrogen (secondary N) is 1. The number of carbonyl (C=O) groups excluding carboxylic acids is 1. The number of rotatable bonds is 37. The fourth-order valence-corrected chi connectivity index (χ4v) is 6.40. The first kappa shape index (κ1) is 48.7. The normalized spacial score (nSPS) is 15.2. The molecular formula is C40H77N2O7P. The number of carbonyl (C=O) groups is 1. The lowest BCUT2D eigenvalue weighted by atomic mass is 10.0. The van der Waals surface area contributed by atoms with Gasteiger partial charge in [0.2, 0.25) is 5.91 Å². The van der Waals surface area contributed by atoms with Gasteiger partial charge in [0.05, 0.1) is 37.9 Å². The van der Waals surface area contributed by atoms with Gasteiger partial charge in [-0.05, 0) is 51.4 Å². The van der Waals surface area contributed by atoms with Gasteiger partial charge in [0.25, 0.3) is 0 Å². The van der Waals surface area contributed by atoms with Gasteiger partial charge in [-0.25, -0.2) is 4.57 Å². The van der Waals surface area contributed by atoms with Gasteiger partial charge in [-0.3, -0.25) is 13.8 Å². The predicted octanol–water partition coefficient (Wildman–Crippen LogP) is 9.75. The van der Waals surface area contributed by atoms with E-state index in [0.29, 0.717) is 12.8 Å². The van der Waals surface area contributed by atoms with Crippen LogP contribution in [0.4, 0.5) is 0 Å². The number of amides is 1. The molecule has 6 N–H and O–H groups in total. The molecule has 0 aromatic heterocycles. The van der Waals surface area contributed by atoms with Gasteiger partial charge in [0.15, 0.2) is 0 Å². The van der Waals surface area contributed by atoms with Crippen LogP contribution in [0.15, 0.2) is 36.5 Å². The Morgan fingerprint density at radius 1 is 0.680 bits per heavy atom. The van der Waals surface area contributed by atoms with Gasteiger partial charge in [-0.15, -0.1) is 0 Å². The van der Waals surface area contributed by atoms with Crippen LogP contribution in [0.25, 0.3) is 0 Å². The lowest BCUT2D eigenvalue weighted by Crippen LogP contribution is -2.46. The summed E-state index contributed by atoms with van der Waals surface area (Å²) in [7, 11) is -4.40. The summed E-state index contributed by atoms with van der Waals surface area (Å²) in [5, 5.41) is 23.8. The standard InChI is InChI=1S/C40H77N2O7P/c1-3-5-7-9-11-13-14-15-16-17-18-19-20-21-22-23-24-26-28-30-32-39(44)38(36-49-50(46,47)48-34-33-41)42-40(45)35-37(43)31-29-27-25-12-10-8-6-4-2/h10,12,23-24,30,32,37-39,43-44H,3-9,11,13-22,25-29,31,33-36,41H2,1-2H3,(H,42,45)(H,46,47)/b12-10-,24-23+,32-30+. The first-order valence-corrected chi connectivity index (χ1v) is 21.7. The molecule has 0 radical (unpaired) electrons. The molecular weight excluding hydrogens is 651 g/mol. The maximum Gasteiger partial charge on any atom is 0.472 e. The minimum atomic E-state index is -4.40. The summed E-state index contributed by atoms with van der Waals surface area (Å²) in [5.74, 6) is -0.472. The van der Waals surface area contributed by atoms with Crippen LogP contribution >= 0.6 is 7.82 Å². The Labute approximate surface area is 306 Å². The molecule has 0 fully saturated rings. The van der Waals surface area contributed by atoms with Crippen molar-refractivity contribution < 1.29 is 33.5 Å². The highest BCUT2D eigenvalue weighted by atomic mass is 31.2. The second-order valence-corrected chi connectivity index (χ2v) is 15.1. The molecule has 0 bridgehead atoms. The van der Waals surface area contributed by atoms with Crippen LogP contribution in [-0.2, 0) is 18.4 Å². The Bertz CT molecular complexity index is 899. The highest BCUT2D eigenvalue weighted by molar-refractivity contribution is 7.47. The number of hydrogen-bond acceptors (Lipinski definition) is 7. The van der Waals surface area contributed by atoms with Gasteiger partial charge in [0, 0.05) is 6.54 Å². The molecule has 0 aromatic carbocycles. The lowest BCUT2D eigenvalue weighted by Gasteiger charge is -2.24. The SMILES string of the molecule is CCCC/C=C\CCCCC(O)CC(=O)NC(COP(=O)(O)OCCN)C(O)/C=C/CC/C=C/CCCCCCCCCCCCCCCC. The molecule has 0 aliphatic heterocycles. The van der Waals surface area contributed by atoms with Crippen molar-refractivity contribution >= 4 is 13.7 Å². The molecule has 0 heterocycles. The van der Waals surface area contributed by atoms with Gasteiger partial charge in [-0.1, -0.05) is 153 Å². The maximum atomic E-state index is 12.7. The number of hydrogen-bond donors (Lipinski definition) is 5. The van der Waals surface area contributed by atoms with Gasteiger partial charge >= 0.3 is 7.82 Å². The third-order valence-corrected chi connectivity index (χ3v) is 9.73. The second kappa shape index (κ2) is 36.1. The van der Waals surface area contributed by atoms with Gasteiger partial charge < -0.3 is 26.2 Å². The molecule has 0 aliphatic carbocycles. The van der Waals surface area contributed by atoms with E-state index < -0.39 is 38.6 Å². The number of phosphoric ester groups is 1. The smallest absolute Gasteiger partial charge is 0.393 e. The zero-order chi connectivity index (χ0) is 37.0. The molecule has 1 amide bonds. The van der Waals surface area contributed by atoms with Crippen molar-refractivity contribution in [3.63, 3.8) is 0 Å². The highest BCUT2D eigenvalue weighted by Crippen LogP contribution is 2.43. The fourth-order valence-electron chi connectivity index (χ4n) is 5.64. The van der Waals surface area contributed by atoms with E-state index in [1.165, 1.54) is 103 Å². The molecule has 0 spiro atoms. The highest BCUT2D eigenvalue weighted by Gasteiger charge is 2.27. The van der Waals surface area contributed by atoms with Crippen molar-refractivity contribution in [3.8, 4) is 0 Å². The summed E-state index contributed by atoms with van der Waals surface area (Å²) in [6.07, 6.45) is 38.3. The van der Waals surface area contributed by atoms with Crippen molar-refractivity contribution in [3.05, 3.63) is 36.5 Å². The molecule has 0 rings (SSSR count). The van der Waals surface area contributed by atoms with Crippen molar-refractivity contribution in [1.82, 2.24) is 5.32 Å². The van der Waals surface area contributed by atoms with E-state index in [9.17, 15) is 24.5 Å². The average Bonchev–Trinajstić information content (AvgIpc) is 3.09. The number of allylic oxidation sites excluding steroid dienone is 5. The van der Waals surface area contributed by atoms with Crippen molar-refractivity contribution in [2.75, 3.05) is 19.8 Å². The van der Waals surface area contributed by atoms with Crippen LogP contribution < -0.4 is 11.1 Å². The molecule has 294 valence electrons. The third-order valence-electron chi connectivity index (χ3n) is 8.74. The van der Waals surface area contributed by atoms with E-state index in [1.807, 2.05) is 6.08 Å². The quantitative estimate of drug-likeness (QED) is 0.0241. The zero-order valence-corrected chi connectivity index (χ0v) is 32.9. The summed E-state index contributed by atoms with van der Waals surface area (Å²) in [5.41, 5.74) is 5.34. The molecule has 0 aromatic rings. The zero-order valence-electron chi connectivity index (χ0n) is 32.0. The first-order valence-electron chi connectivity index (χ1n) is 20.2. The topological polar surface area (TPSA) is 151 Å². The monoisotopic (exact) mass is 729 g/mol. The predicted molar refractivity (Wildman–Crippen MR) is 209 cm³/mol. The lowest BCUT2D eigenvalue weighted by molar-refractivity contribution is -0.124. The molecule has 0 saturated carbocycles. The Morgan fingerprint density at radius 2 is 1.16 bits per heavy atom. The molecule has 4 atom stereocenters. The van der Waals surface area contributed by atoms with Crippen LogP contribution in [0.3, 0.4) is 0 Å². The van der Waals surface area contributed by atoms with Crippen LogP contribution in [0.1, 0.15) is 174 Å². The average molecular weight is 729 g/mol. The van der Waals surface area contributed by atoms with Crippen molar-refractivity contribution in [2.24, 2.45) is 5.73 Å². The molecule has 0 saturated heterocycles. The summed E-state index contributed by atoms with van der Waals surface area (Å²) < 4.78 is 22.0. The maximum absolute atomic E-state index is 12.7. The van der Waals surface area contributed by atoms with E-state index in [0.717, 1.165) is 38.5 Å². The summed E-state index contributed by atoms with van der Waals surface area (Å²) in [4.78, 5) is 22.6. The molecule has 4 unspecified atom stereocenters. The van der Waals surface area contributed by atoms with E-state index in [1.54, 1.807) is 6.08 Å². The Morgan fingerprint density at radius 3 is 1.72 bits per heavy atom. The first-order chi connectivity index (χ1) is 24.3. The van der Waals surface area contributed by atoms with E-state index in [2.05, 4.69) is 43.5 Å². The number of aliphatic hydroxyl groups excluding tert-OH is 2. The van der Waals surface area contributed by atoms with Crippen LogP contribution in [0.2, 0.25) is 0 Å². The summed E-state index contributed by atoms with van der Waals surface area (Å²) in [6.45, 7) is 3.87. The molecule has 50 heavy (non-hydrogen) atoms. The van der Waals surface area contributed by atoms with Crippen molar-refractivity contribution in [1.29, 1.82) is 0 Å². The number of phosphoric acid groups is 1. The minimum Gasteiger partial charge on any atom is -0.393 e. The van der Waals surface area contributed by atoms with Crippen molar-refractivity contribution in [2.45, 2.75) is 193 Å². The Kier molecular flexibility index (Phi) is 35.1. The number of nitrogens with two attached hydrogens (primary N) is 1. The number of unbranched alkanes of at least 4 members (excludes halogenated alkanes) is 19. The third kappa shape index (κ3) is 33.8. The second-order valence-electron chi connectivity index (χ2n) is 13.7. The van der Waals surface area contributed by atoms with Crippen LogP contribution in [0, 0.1) is 0 Å². The molecule has 9 nitrogen and oxygen atoms in total. The molecule has 10 heteroatoms.